The lowest BCUT2D eigenvalue weighted by Gasteiger charge is -2.35. The van der Waals surface area contributed by atoms with Crippen molar-refractivity contribution in [2.75, 3.05) is 74.5 Å². The van der Waals surface area contributed by atoms with Gasteiger partial charge in [0.05, 0.1) is 18.9 Å². The molecule has 0 amide bonds. The minimum atomic E-state index is -3.98. The van der Waals surface area contributed by atoms with E-state index in [2.05, 4.69) is 46.0 Å². The van der Waals surface area contributed by atoms with E-state index < -0.39 is 7.60 Å². The van der Waals surface area contributed by atoms with Gasteiger partial charge in [0, 0.05) is 51.4 Å². The van der Waals surface area contributed by atoms with Crippen LogP contribution in [-0.4, -0.2) is 104 Å². The zero-order chi connectivity index (χ0) is 28.2. The molecule has 4 rings (SSSR count). The maximum absolute atomic E-state index is 11.1. The second-order valence-corrected chi connectivity index (χ2v) is 12.5. The summed E-state index contributed by atoms with van der Waals surface area (Å²) in [4.78, 5) is 31.3. The van der Waals surface area contributed by atoms with Crippen LogP contribution in [0.4, 0.5) is 17.6 Å². The molecule has 0 atom stereocenters. The minimum Gasteiger partial charge on any atom is -0.383 e. The lowest BCUT2D eigenvalue weighted by molar-refractivity contribution is 0.264. The van der Waals surface area contributed by atoms with Crippen LogP contribution in [0.3, 0.4) is 0 Å². The Hall–Kier alpha value is -2.35. The number of hydrogen-bond acceptors (Lipinski definition) is 11. The largest absolute Gasteiger partial charge is 0.383 e. The van der Waals surface area contributed by atoms with Crippen molar-refractivity contribution < 1.29 is 14.4 Å². The van der Waals surface area contributed by atoms with E-state index in [0.29, 0.717) is 51.0 Å². The normalized spacial score (nSPS) is 17.4. The highest BCUT2D eigenvalue weighted by atomic mass is 31.2. The zero-order valence-corrected chi connectivity index (χ0v) is 24.3. The molecule has 2 aliphatic rings. The Kier molecular flexibility index (Phi) is 11.9. The number of nitrogens with two attached hydrogens (primary N) is 1. The molecule has 0 unspecified atom stereocenters. The molecule has 0 spiro atoms. The van der Waals surface area contributed by atoms with E-state index in [1.807, 2.05) is 10.9 Å². The van der Waals surface area contributed by atoms with Crippen LogP contribution in [0.15, 0.2) is 12.3 Å². The van der Waals surface area contributed by atoms with Crippen LogP contribution in [0.2, 0.25) is 0 Å². The molecule has 0 aromatic carbocycles. The van der Waals surface area contributed by atoms with Crippen LogP contribution >= 0.6 is 7.60 Å². The number of nitrogen functional groups attached to an aromatic ring is 1. The summed E-state index contributed by atoms with van der Waals surface area (Å²) in [7, 11) is -3.98. The fraction of sp³-hybridized carbons (Fsp3) is 0.760. The van der Waals surface area contributed by atoms with Crippen LogP contribution in [-0.2, 0) is 17.7 Å². The summed E-state index contributed by atoms with van der Waals surface area (Å²) in [5, 5.41) is 18.9. The molecule has 40 heavy (non-hydrogen) atoms. The Labute approximate surface area is 236 Å². The van der Waals surface area contributed by atoms with E-state index in [1.165, 1.54) is 32.1 Å². The molecule has 0 bridgehead atoms. The Morgan fingerprint density at radius 2 is 1.77 bits per heavy atom. The van der Waals surface area contributed by atoms with Crippen molar-refractivity contribution in [3.8, 4) is 0 Å². The van der Waals surface area contributed by atoms with Gasteiger partial charge in [-0.2, -0.15) is 9.97 Å². The lowest BCUT2D eigenvalue weighted by Crippen LogP contribution is -2.47. The smallest absolute Gasteiger partial charge is 0.326 e. The number of piperazine rings is 1. The molecule has 15 heteroatoms. The van der Waals surface area contributed by atoms with Gasteiger partial charge in [0.25, 0.3) is 0 Å². The summed E-state index contributed by atoms with van der Waals surface area (Å²) < 4.78 is 13.0. The van der Waals surface area contributed by atoms with Gasteiger partial charge in [0.1, 0.15) is 17.3 Å². The Morgan fingerprint density at radius 1 is 1.00 bits per heavy atom. The van der Waals surface area contributed by atoms with Gasteiger partial charge in [0.15, 0.2) is 0 Å². The van der Waals surface area contributed by atoms with Crippen molar-refractivity contribution in [3.63, 3.8) is 0 Å². The summed E-state index contributed by atoms with van der Waals surface area (Å²) >= 11 is 0. The molecule has 1 saturated heterocycles. The van der Waals surface area contributed by atoms with Gasteiger partial charge < -0.3 is 36.4 Å². The number of nitrogens with zero attached hydrogens (tertiary/aromatic N) is 7. The summed E-state index contributed by atoms with van der Waals surface area (Å²) in [5.74, 6) is 1.53. The van der Waals surface area contributed by atoms with E-state index in [1.54, 1.807) is 6.07 Å². The topological polar surface area (TPSA) is 183 Å². The van der Waals surface area contributed by atoms with E-state index in [9.17, 15) is 4.57 Å². The van der Waals surface area contributed by atoms with Gasteiger partial charge in [-0.25, -0.2) is 0 Å². The summed E-state index contributed by atoms with van der Waals surface area (Å²) in [6.07, 6.45) is 10.8. The number of aromatic nitrogens is 5. The quantitative estimate of drug-likeness (QED) is 0.122. The highest BCUT2D eigenvalue weighted by molar-refractivity contribution is 7.51. The van der Waals surface area contributed by atoms with Crippen molar-refractivity contribution in [2.45, 2.75) is 64.1 Å². The maximum atomic E-state index is 11.1. The average Bonchev–Trinajstić information content (AvgIpc) is 3.40. The van der Waals surface area contributed by atoms with Crippen molar-refractivity contribution >= 4 is 25.2 Å². The first-order valence-electron chi connectivity index (χ1n) is 14.6. The molecule has 1 saturated carbocycles. The van der Waals surface area contributed by atoms with Crippen LogP contribution < -0.4 is 26.6 Å². The van der Waals surface area contributed by atoms with Crippen LogP contribution in [0, 0.1) is 0 Å². The highest BCUT2D eigenvalue weighted by Crippen LogP contribution is 2.33. The summed E-state index contributed by atoms with van der Waals surface area (Å²) in [6, 6.07) is 2.48. The van der Waals surface area contributed by atoms with E-state index in [0.717, 1.165) is 56.6 Å². The molecule has 14 nitrogen and oxygen atoms in total. The molecular weight excluding hydrogens is 533 g/mol. The van der Waals surface area contributed by atoms with Crippen LogP contribution in [0.5, 0.6) is 0 Å². The van der Waals surface area contributed by atoms with E-state index in [-0.39, 0.29) is 6.16 Å². The van der Waals surface area contributed by atoms with Gasteiger partial charge in [0.2, 0.25) is 5.95 Å². The SMILES string of the molecule is Nc1cc(N2CCN(CCP(=O)(O)O)CC2)nc(NCc2cn(CCCNCCCNC3CCCCC3)nn2)n1. The first kappa shape index (κ1) is 30.6. The van der Waals surface area contributed by atoms with Gasteiger partial charge in [-0.1, -0.05) is 24.5 Å². The number of anilines is 3. The third-order valence-electron chi connectivity index (χ3n) is 7.46. The predicted octanol–water partition coefficient (Wildman–Crippen LogP) is 0.854. The Bertz CT molecular complexity index is 1070. The van der Waals surface area contributed by atoms with Crippen molar-refractivity contribution in [2.24, 2.45) is 0 Å². The second kappa shape index (κ2) is 15.6. The predicted molar refractivity (Wildman–Crippen MR) is 156 cm³/mol. The monoisotopic (exact) mass is 579 g/mol. The van der Waals surface area contributed by atoms with Gasteiger partial charge >= 0.3 is 7.60 Å². The number of nitrogens with one attached hydrogen (secondary N) is 3. The van der Waals surface area contributed by atoms with Crippen molar-refractivity contribution in [3.05, 3.63) is 18.0 Å². The number of rotatable bonds is 16. The fourth-order valence-electron chi connectivity index (χ4n) is 5.18. The molecule has 1 aliphatic heterocycles. The molecule has 7 N–H and O–H groups in total. The van der Waals surface area contributed by atoms with Crippen LogP contribution in [0.1, 0.15) is 50.6 Å². The number of hydrogen-bond donors (Lipinski definition) is 6. The lowest BCUT2D eigenvalue weighted by atomic mass is 9.95. The van der Waals surface area contributed by atoms with Crippen molar-refractivity contribution in [1.82, 2.24) is 40.5 Å². The minimum absolute atomic E-state index is 0.124. The maximum Gasteiger partial charge on any atom is 0.326 e. The first-order chi connectivity index (χ1) is 19.3. The second-order valence-electron chi connectivity index (χ2n) is 10.8. The number of aryl methyl sites for hydroxylation is 1. The zero-order valence-electron chi connectivity index (χ0n) is 23.4. The van der Waals surface area contributed by atoms with E-state index >= 15 is 0 Å². The highest BCUT2D eigenvalue weighted by Gasteiger charge is 2.22. The third kappa shape index (κ3) is 10.9. The molecule has 2 aromatic rings. The molecule has 2 aromatic heterocycles. The summed E-state index contributed by atoms with van der Waals surface area (Å²) in [5.41, 5.74) is 6.85. The Morgan fingerprint density at radius 3 is 2.55 bits per heavy atom. The molecule has 1 aliphatic carbocycles. The average molecular weight is 580 g/mol. The summed E-state index contributed by atoms with van der Waals surface area (Å²) in [6.45, 7) is 7.47. The van der Waals surface area contributed by atoms with Crippen LogP contribution in [0.25, 0.3) is 0 Å². The first-order valence-corrected chi connectivity index (χ1v) is 16.4. The molecule has 0 radical (unpaired) electrons. The molecule has 3 heterocycles. The molecule has 224 valence electrons. The standard InChI is InChI=1S/C25H46N11O3P/c26-23-18-24(35-14-12-34(13-15-35)16-17-40(37,38)39)31-25(30-23)29-19-22-20-36(33-32-22)11-5-9-27-8-4-10-28-21-6-2-1-3-7-21/h18,20-21,27-28H,1-17,19H2,(H2,37,38,39)(H3,26,29,30,31). The van der Waals surface area contributed by atoms with Gasteiger partial charge in [-0.15, -0.1) is 5.10 Å². The van der Waals surface area contributed by atoms with Gasteiger partial charge in [-0.05, 0) is 45.3 Å². The third-order valence-corrected chi connectivity index (χ3v) is 8.24. The fourth-order valence-corrected chi connectivity index (χ4v) is 5.73. The molecular formula is C25H46N11O3P. The molecule has 2 fully saturated rings. The van der Waals surface area contributed by atoms with Gasteiger partial charge in [-0.3, -0.25) is 14.1 Å². The van der Waals surface area contributed by atoms with E-state index in [4.69, 9.17) is 15.5 Å². The Balaban J connectivity index is 1.11. The van der Waals surface area contributed by atoms with Crippen molar-refractivity contribution in [1.29, 1.82) is 0 Å².